The zero-order valence-corrected chi connectivity index (χ0v) is 21.6. The molecule has 0 aromatic carbocycles. The van der Waals surface area contributed by atoms with E-state index in [1.165, 1.54) is 0 Å². The zero-order chi connectivity index (χ0) is 29.0. The topological polar surface area (TPSA) is 292 Å². The first kappa shape index (κ1) is 33.1. The zero-order valence-electron chi connectivity index (χ0n) is 20.9. The average molecular weight is 594 g/mol. The van der Waals surface area contributed by atoms with Crippen molar-refractivity contribution < 1.29 is 69.6 Å². The van der Waals surface area contributed by atoms with E-state index in [0.29, 0.717) is 0 Å². The Hall–Kier alpha value is -0.390. The summed E-state index contributed by atoms with van der Waals surface area (Å²) >= 11 is 5.67. The number of hydrogen-bond donors (Lipinski definition) is 12. The van der Waals surface area contributed by atoms with Crippen molar-refractivity contribution in [1.29, 1.82) is 0 Å². The Bertz CT molecular complexity index is 746. The lowest BCUT2D eigenvalue weighted by molar-refractivity contribution is -0.350. The van der Waals surface area contributed by atoms with Crippen molar-refractivity contribution >= 4 is 11.6 Å². The molecule has 3 saturated heterocycles. The number of aliphatic hydroxyl groups excluding tert-OH is 9. The van der Waals surface area contributed by atoms with E-state index < -0.39 is 118 Å². The molecule has 0 spiro atoms. The van der Waals surface area contributed by atoms with Gasteiger partial charge in [-0.1, -0.05) is 0 Å². The molecule has 0 aromatic heterocycles. The Morgan fingerprint density at radius 2 is 1.26 bits per heavy atom. The van der Waals surface area contributed by atoms with Gasteiger partial charge in [-0.15, -0.1) is 11.6 Å². The van der Waals surface area contributed by atoms with E-state index in [4.69, 9.17) is 46.8 Å². The van der Waals surface area contributed by atoms with Gasteiger partial charge in [0, 0.05) is 12.4 Å². The van der Waals surface area contributed by atoms with E-state index in [9.17, 15) is 46.0 Å². The van der Waals surface area contributed by atoms with Crippen LogP contribution in [0.4, 0.5) is 0 Å². The SMILES string of the molecule is N[C@H]1[C@H](OC2[C@@H](CO)O[C@@H](OC3[C@@H](CO)O[C@@H](O)[C@H](N)[C@H]3O)[C@H](NCC(O)CCl)[C@H]2O)O[C@H](CO)[C@@H](O)[C@@H]1O. The Kier molecular flexibility index (Phi) is 12.5. The monoisotopic (exact) mass is 593 g/mol. The summed E-state index contributed by atoms with van der Waals surface area (Å²) < 4.78 is 28.2. The van der Waals surface area contributed by atoms with Crippen molar-refractivity contribution in [3.8, 4) is 0 Å². The van der Waals surface area contributed by atoms with Crippen molar-refractivity contribution in [2.24, 2.45) is 11.5 Å². The van der Waals surface area contributed by atoms with Gasteiger partial charge in [0.05, 0.1) is 44.1 Å². The molecule has 3 fully saturated rings. The highest BCUT2D eigenvalue weighted by Crippen LogP contribution is 2.31. The van der Waals surface area contributed by atoms with Crippen molar-refractivity contribution in [2.75, 3.05) is 32.2 Å². The molecule has 0 aliphatic carbocycles. The maximum Gasteiger partial charge on any atom is 0.176 e. The van der Waals surface area contributed by atoms with E-state index >= 15 is 0 Å². The predicted molar refractivity (Wildman–Crippen MR) is 128 cm³/mol. The molecule has 39 heavy (non-hydrogen) atoms. The van der Waals surface area contributed by atoms with Gasteiger partial charge in [-0.25, -0.2) is 0 Å². The van der Waals surface area contributed by atoms with Gasteiger partial charge in [0.15, 0.2) is 18.9 Å². The van der Waals surface area contributed by atoms with Crippen molar-refractivity contribution in [3.63, 3.8) is 0 Å². The van der Waals surface area contributed by atoms with Crippen molar-refractivity contribution in [1.82, 2.24) is 5.32 Å². The van der Waals surface area contributed by atoms with Crippen molar-refractivity contribution in [2.45, 2.75) is 98.0 Å². The summed E-state index contributed by atoms with van der Waals surface area (Å²) in [6, 6.07) is -3.87. The lowest BCUT2D eigenvalue weighted by atomic mass is 9.94. The van der Waals surface area contributed by atoms with E-state index in [1.807, 2.05) is 0 Å². The highest BCUT2D eigenvalue weighted by Gasteiger charge is 2.53. The molecule has 0 radical (unpaired) electrons. The second kappa shape index (κ2) is 14.7. The average Bonchev–Trinajstić information content (AvgIpc) is 2.93. The Balaban J connectivity index is 1.84. The predicted octanol–water partition coefficient (Wildman–Crippen LogP) is -7.44. The van der Waals surface area contributed by atoms with Crippen LogP contribution in [0.15, 0.2) is 0 Å². The van der Waals surface area contributed by atoms with Crippen LogP contribution < -0.4 is 16.8 Å². The van der Waals surface area contributed by atoms with E-state index in [1.54, 1.807) is 0 Å². The minimum absolute atomic E-state index is 0.163. The maximum atomic E-state index is 11.3. The largest absolute Gasteiger partial charge is 0.394 e. The summed E-state index contributed by atoms with van der Waals surface area (Å²) in [7, 11) is 0. The third kappa shape index (κ3) is 7.34. The standard InChI is InChI=1S/C21H40ClN3O14/c22-1-6(29)2-25-12-16(33)18(38-20-11(24)14(31)13(30)7(3-26)36-20)9(5-28)37-21(12)39-17-8(4-27)35-19(34)10(23)15(17)32/h6-21,25-34H,1-5,23-24H2/t6?,7-,8-,9-,10-,11-,12-,13-,14-,15-,16-,17?,18?,19-,20+,21+/m1/s1. The fourth-order valence-corrected chi connectivity index (χ4v) is 4.81. The van der Waals surface area contributed by atoms with E-state index in [-0.39, 0.29) is 12.4 Å². The summed E-state index contributed by atoms with van der Waals surface area (Å²) in [4.78, 5) is 0. The molecule has 0 bridgehead atoms. The maximum absolute atomic E-state index is 11.3. The molecule has 18 heteroatoms. The summed E-state index contributed by atoms with van der Waals surface area (Å²) in [6.45, 7) is -2.27. The number of halogens is 1. The van der Waals surface area contributed by atoms with Crippen LogP contribution >= 0.6 is 11.6 Å². The van der Waals surface area contributed by atoms with Gasteiger partial charge in [0.2, 0.25) is 0 Å². The second-order valence-corrected chi connectivity index (χ2v) is 10.1. The van der Waals surface area contributed by atoms with Gasteiger partial charge in [-0.2, -0.15) is 0 Å². The van der Waals surface area contributed by atoms with Gasteiger partial charge in [0.25, 0.3) is 0 Å². The normalized spacial score (nSPS) is 48.2. The molecular formula is C21H40ClN3O14. The fourth-order valence-electron chi connectivity index (χ4n) is 4.70. The molecule has 3 rings (SSSR count). The van der Waals surface area contributed by atoms with Crippen LogP contribution in [-0.2, 0) is 23.7 Å². The minimum atomic E-state index is -1.60. The van der Waals surface area contributed by atoms with Gasteiger partial charge in [-0.05, 0) is 0 Å². The molecule has 17 nitrogen and oxygen atoms in total. The Morgan fingerprint density at radius 1 is 0.718 bits per heavy atom. The van der Waals surface area contributed by atoms with Gasteiger partial charge < -0.3 is 86.4 Å². The van der Waals surface area contributed by atoms with E-state index in [2.05, 4.69) is 5.32 Å². The van der Waals surface area contributed by atoms with E-state index in [0.717, 1.165) is 0 Å². The summed E-state index contributed by atoms with van der Waals surface area (Å²) in [6.07, 6.45) is -18.4. The number of hydrogen-bond acceptors (Lipinski definition) is 17. The molecule has 14 N–H and O–H groups in total. The highest BCUT2D eigenvalue weighted by atomic mass is 35.5. The smallest absolute Gasteiger partial charge is 0.176 e. The number of nitrogens with one attached hydrogen (secondary N) is 1. The van der Waals surface area contributed by atoms with Crippen LogP contribution in [0.25, 0.3) is 0 Å². The quantitative estimate of drug-likeness (QED) is 0.0990. The van der Waals surface area contributed by atoms with Gasteiger partial charge >= 0.3 is 0 Å². The molecule has 230 valence electrons. The van der Waals surface area contributed by atoms with Crippen LogP contribution in [0.5, 0.6) is 0 Å². The molecule has 3 unspecified atom stereocenters. The molecular weight excluding hydrogens is 554 g/mol. The first-order valence-corrected chi connectivity index (χ1v) is 13.0. The Morgan fingerprint density at radius 3 is 1.85 bits per heavy atom. The molecule has 0 aromatic rings. The summed E-state index contributed by atoms with van der Waals surface area (Å²) in [5.74, 6) is -0.163. The van der Waals surface area contributed by atoms with Gasteiger partial charge in [0.1, 0.15) is 54.9 Å². The molecule has 0 amide bonds. The second-order valence-electron chi connectivity index (χ2n) is 9.76. The lowest BCUT2D eigenvalue weighted by Crippen LogP contribution is -2.70. The van der Waals surface area contributed by atoms with Crippen LogP contribution in [0.2, 0.25) is 0 Å². The van der Waals surface area contributed by atoms with Gasteiger partial charge in [-0.3, -0.25) is 0 Å². The Labute approximate surface area is 228 Å². The number of alkyl halides is 1. The highest BCUT2D eigenvalue weighted by molar-refractivity contribution is 6.18. The first-order valence-electron chi connectivity index (χ1n) is 12.5. The summed E-state index contributed by atoms with van der Waals surface area (Å²) in [5, 5.41) is 94.1. The lowest BCUT2D eigenvalue weighted by Gasteiger charge is -2.49. The first-order chi connectivity index (χ1) is 18.5. The molecule has 3 heterocycles. The van der Waals surface area contributed by atoms with Crippen LogP contribution in [0.3, 0.4) is 0 Å². The number of nitrogens with two attached hydrogens (primary N) is 2. The third-order valence-corrected chi connectivity index (χ3v) is 7.41. The number of aliphatic hydroxyl groups is 9. The number of ether oxygens (including phenoxy) is 5. The molecule has 0 saturated carbocycles. The minimum Gasteiger partial charge on any atom is -0.394 e. The van der Waals surface area contributed by atoms with Crippen LogP contribution in [0.1, 0.15) is 0 Å². The third-order valence-electron chi connectivity index (χ3n) is 7.05. The molecule has 3 aliphatic rings. The van der Waals surface area contributed by atoms with Crippen molar-refractivity contribution in [3.05, 3.63) is 0 Å². The fraction of sp³-hybridized carbons (Fsp3) is 1.00. The summed E-state index contributed by atoms with van der Waals surface area (Å²) in [5.41, 5.74) is 11.7. The van der Waals surface area contributed by atoms with Crippen LogP contribution in [0, 0.1) is 0 Å². The van der Waals surface area contributed by atoms with Crippen LogP contribution in [-0.4, -0.2) is 176 Å². The molecule has 16 atom stereocenters. The molecule has 3 aliphatic heterocycles. The number of rotatable bonds is 11.